The van der Waals surface area contributed by atoms with Crippen molar-refractivity contribution in [3.63, 3.8) is 0 Å². The van der Waals surface area contributed by atoms with Crippen LogP contribution >= 0.6 is 0 Å². The minimum atomic E-state index is -1.11. The van der Waals surface area contributed by atoms with Gasteiger partial charge < -0.3 is 19.3 Å². The van der Waals surface area contributed by atoms with E-state index in [-0.39, 0.29) is 0 Å². The molecule has 0 saturated carbocycles. The van der Waals surface area contributed by atoms with E-state index in [1.165, 1.54) is 0 Å². The van der Waals surface area contributed by atoms with Crippen LogP contribution in [0, 0.1) is 0 Å². The second-order valence-electron chi connectivity index (χ2n) is 7.55. The molecular weight excluding hydrogens is 368 g/mol. The molecule has 4 rings (SSSR count). The molecule has 1 N–H and O–H groups in total. The molecule has 2 aliphatic heterocycles. The van der Waals surface area contributed by atoms with Crippen molar-refractivity contribution in [3.8, 4) is 17.2 Å². The fourth-order valence-corrected chi connectivity index (χ4v) is 4.41. The Balaban J connectivity index is 1.82. The molecule has 2 aromatic rings. The highest BCUT2D eigenvalue weighted by molar-refractivity contribution is 5.97. The fourth-order valence-electron chi connectivity index (χ4n) is 4.41. The number of rotatable bonds is 5. The first-order chi connectivity index (χ1) is 14.1. The zero-order chi connectivity index (χ0) is 20.4. The number of aliphatic hydroxyl groups is 1. The summed E-state index contributed by atoms with van der Waals surface area (Å²) in [5.41, 5.74) is 0.667. The number of amidine groups is 1. The molecule has 1 atom stereocenters. The second kappa shape index (κ2) is 7.95. The summed E-state index contributed by atoms with van der Waals surface area (Å²) in [5.74, 6) is 3.44. The molecule has 154 valence electrons. The van der Waals surface area contributed by atoms with Crippen molar-refractivity contribution in [2.24, 2.45) is 0 Å². The summed E-state index contributed by atoms with van der Waals surface area (Å²) >= 11 is 0. The van der Waals surface area contributed by atoms with E-state index in [0.29, 0.717) is 6.54 Å². The number of anilines is 1. The summed E-state index contributed by atoms with van der Waals surface area (Å²) < 4.78 is 18.6. The highest BCUT2D eigenvalue weighted by atomic mass is 16.5. The maximum atomic E-state index is 11.9. The van der Waals surface area contributed by atoms with Gasteiger partial charge in [0.15, 0.2) is 18.0 Å². The van der Waals surface area contributed by atoms with Gasteiger partial charge in [-0.25, -0.2) is 9.48 Å². The van der Waals surface area contributed by atoms with Crippen LogP contribution in [-0.2, 0) is 5.72 Å². The Hall–Kier alpha value is -2.73. The van der Waals surface area contributed by atoms with Crippen LogP contribution < -0.4 is 19.1 Å². The third-order valence-corrected chi connectivity index (χ3v) is 5.96. The smallest absolute Gasteiger partial charge is 0.271 e. The standard InChI is InChI=1S/C23H29N2O4/c1-27-18-10-8-17(9-11-18)23(26)16-24(22-7-5-4-6-14-25(22)23)20-15-19(28-2)12-13-21(20)29-3/h8-13,15,26H,4-7,14,16H2,1-3H3/q+1/t23-/m0/s1. The van der Waals surface area contributed by atoms with Crippen molar-refractivity contribution in [3.05, 3.63) is 48.0 Å². The Morgan fingerprint density at radius 2 is 1.62 bits per heavy atom. The molecule has 0 amide bonds. The van der Waals surface area contributed by atoms with Gasteiger partial charge in [0.2, 0.25) is 0 Å². The number of β-amino-alcohol motifs (C(OH)–C–C–N with tert-alkyl or cyclic N) is 1. The molecule has 0 bridgehead atoms. The molecule has 2 aromatic carbocycles. The molecule has 0 fully saturated rings. The van der Waals surface area contributed by atoms with Gasteiger partial charge in [-0.1, -0.05) is 0 Å². The molecule has 0 spiro atoms. The van der Waals surface area contributed by atoms with Crippen molar-refractivity contribution >= 4 is 11.5 Å². The molecule has 2 heterocycles. The predicted molar refractivity (Wildman–Crippen MR) is 112 cm³/mol. The summed E-state index contributed by atoms with van der Waals surface area (Å²) in [6.45, 7) is 1.25. The van der Waals surface area contributed by atoms with Gasteiger partial charge in [-0.3, -0.25) is 0 Å². The van der Waals surface area contributed by atoms with Crippen molar-refractivity contribution in [1.82, 2.24) is 0 Å². The van der Waals surface area contributed by atoms with Gasteiger partial charge in [0, 0.05) is 18.1 Å². The maximum Gasteiger partial charge on any atom is 0.271 e. The monoisotopic (exact) mass is 397 g/mol. The Kier molecular flexibility index (Phi) is 5.37. The molecule has 6 nitrogen and oxygen atoms in total. The van der Waals surface area contributed by atoms with Gasteiger partial charge in [0.25, 0.3) is 11.6 Å². The van der Waals surface area contributed by atoms with Crippen LogP contribution in [0.3, 0.4) is 0 Å². The van der Waals surface area contributed by atoms with Crippen LogP contribution in [0.15, 0.2) is 42.5 Å². The van der Waals surface area contributed by atoms with E-state index in [0.717, 1.165) is 66.6 Å². The predicted octanol–water partition coefficient (Wildman–Crippen LogP) is 3.36. The summed E-state index contributed by atoms with van der Waals surface area (Å²) in [6.07, 6.45) is 4.24. The van der Waals surface area contributed by atoms with Crippen LogP contribution in [0.25, 0.3) is 0 Å². The van der Waals surface area contributed by atoms with E-state index in [2.05, 4.69) is 9.48 Å². The highest BCUT2D eigenvalue weighted by Gasteiger charge is 2.52. The molecule has 0 saturated heterocycles. The lowest BCUT2D eigenvalue weighted by Gasteiger charge is -2.24. The molecule has 29 heavy (non-hydrogen) atoms. The molecule has 0 aromatic heterocycles. The largest absolute Gasteiger partial charge is 0.497 e. The third kappa shape index (κ3) is 3.42. The van der Waals surface area contributed by atoms with Crippen LogP contribution in [0.1, 0.15) is 31.2 Å². The normalized spacial score (nSPS) is 21.6. The molecule has 0 radical (unpaired) electrons. The number of benzene rings is 2. The van der Waals surface area contributed by atoms with Crippen LogP contribution in [0.2, 0.25) is 0 Å². The summed E-state index contributed by atoms with van der Waals surface area (Å²) in [6, 6.07) is 13.5. The number of hydrogen-bond donors (Lipinski definition) is 1. The van der Waals surface area contributed by atoms with Gasteiger partial charge in [0.05, 0.1) is 27.9 Å². The lowest BCUT2D eigenvalue weighted by molar-refractivity contribution is -0.658. The lowest BCUT2D eigenvalue weighted by atomic mass is 10.0. The van der Waals surface area contributed by atoms with Crippen molar-refractivity contribution < 1.29 is 23.9 Å². The molecule has 0 aliphatic carbocycles. The van der Waals surface area contributed by atoms with Gasteiger partial charge in [0.1, 0.15) is 11.5 Å². The van der Waals surface area contributed by atoms with E-state index in [9.17, 15) is 5.11 Å². The minimum Gasteiger partial charge on any atom is -0.497 e. The Morgan fingerprint density at radius 3 is 2.31 bits per heavy atom. The molecular formula is C23H29N2O4+. The Labute approximate surface area is 171 Å². The van der Waals surface area contributed by atoms with Crippen molar-refractivity contribution in [2.75, 3.05) is 39.3 Å². The first-order valence-electron chi connectivity index (χ1n) is 10.1. The number of ether oxygens (including phenoxy) is 3. The van der Waals surface area contributed by atoms with Gasteiger partial charge in [-0.15, -0.1) is 0 Å². The van der Waals surface area contributed by atoms with E-state index in [1.807, 2.05) is 42.5 Å². The zero-order valence-corrected chi connectivity index (χ0v) is 17.4. The first kappa shape index (κ1) is 19.6. The minimum absolute atomic E-state index is 0.429. The SMILES string of the molecule is COc1ccc([C@@]2(O)CN(c3cc(OC)ccc3OC)C3=[N+]2CCCCC3)cc1. The number of hydrogen-bond acceptors (Lipinski definition) is 5. The Morgan fingerprint density at radius 1 is 0.897 bits per heavy atom. The third-order valence-electron chi connectivity index (χ3n) is 5.96. The topological polar surface area (TPSA) is 54.2 Å². The van der Waals surface area contributed by atoms with Gasteiger partial charge >= 0.3 is 0 Å². The highest BCUT2D eigenvalue weighted by Crippen LogP contribution is 2.40. The van der Waals surface area contributed by atoms with Gasteiger partial charge in [-0.05, 0) is 55.7 Å². The number of methoxy groups -OCH3 is 3. The fraction of sp³-hybridized carbons (Fsp3) is 0.435. The van der Waals surface area contributed by atoms with E-state index >= 15 is 0 Å². The molecule has 0 unspecified atom stereocenters. The first-order valence-corrected chi connectivity index (χ1v) is 10.1. The van der Waals surface area contributed by atoms with E-state index < -0.39 is 5.72 Å². The number of nitrogens with zero attached hydrogens (tertiary/aromatic N) is 2. The van der Waals surface area contributed by atoms with Gasteiger partial charge in [-0.2, -0.15) is 0 Å². The van der Waals surface area contributed by atoms with Crippen LogP contribution in [0.5, 0.6) is 17.2 Å². The van der Waals surface area contributed by atoms with Crippen molar-refractivity contribution in [2.45, 2.75) is 31.4 Å². The second-order valence-corrected chi connectivity index (χ2v) is 7.55. The van der Waals surface area contributed by atoms with Crippen LogP contribution in [0.4, 0.5) is 5.69 Å². The maximum absolute atomic E-state index is 11.9. The summed E-state index contributed by atoms with van der Waals surface area (Å²) in [5, 5.41) is 11.9. The average Bonchev–Trinajstić information content (AvgIpc) is 2.91. The lowest BCUT2D eigenvalue weighted by Crippen LogP contribution is -2.41. The molecule has 2 aliphatic rings. The summed E-state index contributed by atoms with van der Waals surface area (Å²) in [4.78, 5) is 2.19. The van der Waals surface area contributed by atoms with Crippen LogP contribution in [-0.4, -0.2) is 49.9 Å². The molecule has 6 heteroatoms. The zero-order valence-electron chi connectivity index (χ0n) is 17.4. The Bertz CT molecular complexity index is 910. The van der Waals surface area contributed by atoms with E-state index in [1.54, 1.807) is 21.3 Å². The van der Waals surface area contributed by atoms with Crippen molar-refractivity contribution in [1.29, 1.82) is 0 Å². The average molecular weight is 397 g/mol. The van der Waals surface area contributed by atoms with E-state index in [4.69, 9.17) is 14.2 Å². The summed E-state index contributed by atoms with van der Waals surface area (Å²) in [7, 11) is 4.98. The quantitative estimate of drug-likeness (QED) is 0.784.